The second-order valence-electron chi connectivity index (χ2n) is 8.94. The zero-order chi connectivity index (χ0) is 19.4. The highest BCUT2D eigenvalue weighted by Crippen LogP contribution is 2.38. The Bertz CT molecular complexity index is 667. The molecular formula is C21H36N6O. The largest absolute Gasteiger partial charge is 0.375 e. The van der Waals surface area contributed by atoms with Crippen LogP contribution in [0.4, 0.5) is 0 Å². The normalized spacial score (nSPS) is 25.9. The Morgan fingerprint density at radius 1 is 1.07 bits per heavy atom. The fourth-order valence-corrected chi connectivity index (χ4v) is 5.02. The first-order valence-corrected chi connectivity index (χ1v) is 11.2. The van der Waals surface area contributed by atoms with Gasteiger partial charge >= 0.3 is 0 Å². The van der Waals surface area contributed by atoms with Crippen molar-refractivity contribution in [2.24, 2.45) is 12.0 Å². The van der Waals surface area contributed by atoms with Crippen molar-refractivity contribution in [2.75, 3.05) is 6.61 Å². The molecule has 1 aromatic rings. The van der Waals surface area contributed by atoms with Crippen molar-refractivity contribution in [3.63, 3.8) is 0 Å². The Kier molecular flexibility index (Phi) is 6.19. The van der Waals surface area contributed by atoms with Crippen LogP contribution >= 0.6 is 0 Å². The quantitative estimate of drug-likeness (QED) is 0.613. The first-order chi connectivity index (χ1) is 13.6. The third-order valence-electron chi connectivity index (χ3n) is 6.86. The molecule has 1 atom stereocenters. The molecule has 3 fully saturated rings. The standard InChI is InChI=1S/C21H36N6O/c1-16-25-26-19(27(16)2)15-22-20(23-17-8-4-5-9-17)24-18-10-13-28-21(14-18)11-6-3-7-12-21/h17-18H,3-15H2,1-2H3,(H2,22,23,24). The van der Waals surface area contributed by atoms with Crippen LogP contribution in [-0.2, 0) is 18.3 Å². The van der Waals surface area contributed by atoms with Gasteiger partial charge in [-0.15, -0.1) is 10.2 Å². The number of aliphatic imine (C=N–C) groups is 1. The zero-order valence-corrected chi connectivity index (χ0v) is 17.5. The summed E-state index contributed by atoms with van der Waals surface area (Å²) in [4.78, 5) is 4.89. The molecule has 156 valence electrons. The highest BCUT2D eigenvalue weighted by Gasteiger charge is 2.38. The van der Waals surface area contributed by atoms with Crippen molar-refractivity contribution in [1.29, 1.82) is 0 Å². The maximum absolute atomic E-state index is 6.28. The minimum atomic E-state index is 0.105. The van der Waals surface area contributed by atoms with Gasteiger partial charge in [0.05, 0.1) is 5.60 Å². The first-order valence-electron chi connectivity index (χ1n) is 11.2. The van der Waals surface area contributed by atoms with E-state index in [-0.39, 0.29) is 5.60 Å². The van der Waals surface area contributed by atoms with Crippen LogP contribution in [0.25, 0.3) is 0 Å². The van der Waals surface area contributed by atoms with E-state index in [1.54, 1.807) is 0 Å². The molecule has 3 aliphatic rings. The Morgan fingerprint density at radius 3 is 2.54 bits per heavy atom. The average Bonchev–Trinajstić information content (AvgIpc) is 3.31. The molecule has 4 rings (SSSR count). The summed E-state index contributed by atoms with van der Waals surface area (Å²) >= 11 is 0. The van der Waals surface area contributed by atoms with Gasteiger partial charge in [-0.1, -0.05) is 32.1 Å². The first kappa shape index (κ1) is 19.7. The number of nitrogens with zero attached hydrogens (tertiary/aromatic N) is 4. The fraction of sp³-hybridized carbons (Fsp3) is 0.857. The summed E-state index contributed by atoms with van der Waals surface area (Å²) in [5.41, 5.74) is 0.105. The number of hydrogen-bond acceptors (Lipinski definition) is 4. The maximum atomic E-state index is 6.28. The van der Waals surface area contributed by atoms with Crippen molar-refractivity contribution < 1.29 is 4.74 Å². The summed E-state index contributed by atoms with van der Waals surface area (Å²) < 4.78 is 8.29. The monoisotopic (exact) mass is 388 g/mol. The van der Waals surface area contributed by atoms with E-state index in [1.807, 2.05) is 18.5 Å². The Labute approximate surface area is 168 Å². The van der Waals surface area contributed by atoms with E-state index in [4.69, 9.17) is 9.73 Å². The van der Waals surface area contributed by atoms with Gasteiger partial charge < -0.3 is 19.9 Å². The predicted molar refractivity (Wildman–Crippen MR) is 110 cm³/mol. The van der Waals surface area contributed by atoms with Crippen molar-refractivity contribution in [3.05, 3.63) is 11.6 Å². The van der Waals surface area contributed by atoms with Crippen LogP contribution in [0.5, 0.6) is 0 Å². The summed E-state index contributed by atoms with van der Waals surface area (Å²) in [7, 11) is 2.00. The highest BCUT2D eigenvalue weighted by molar-refractivity contribution is 5.80. The Balaban J connectivity index is 1.43. The lowest BCUT2D eigenvalue weighted by atomic mass is 9.78. The maximum Gasteiger partial charge on any atom is 0.192 e. The van der Waals surface area contributed by atoms with E-state index in [2.05, 4.69) is 20.8 Å². The van der Waals surface area contributed by atoms with Crippen LogP contribution in [0.15, 0.2) is 4.99 Å². The molecule has 1 saturated heterocycles. The number of rotatable bonds is 4. The average molecular weight is 389 g/mol. The second kappa shape index (κ2) is 8.80. The van der Waals surface area contributed by atoms with Gasteiger partial charge in [-0.05, 0) is 45.4 Å². The van der Waals surface area contributed by atoms with Gasteiger partial charge in [0.15, 0.2) is 11.8 Å². The molecule has 0 amide bonds. The van der Waals surface area contributed by atoms with Gasteiger partial charge in [-0.3, -0.25) is 0 Å². The van der Waals surface area contributed by atoms with Crippen LogP contribution in [-0.4, -0.2) is 45.0 Å². The van der Waals surface area contributed by atoms with E-state index in [9.17, 15) is 0 Å². The summed E-state index contributed by atoms with van der Waals surface area (Å²) in [6.45, 7) is 3.38. The number of aromatic nitrogens is 3. The second-order valence-corrected chi connectivity index (χ2v) is 8.94. The van der Waals surface area contributed by atoms with E-state index < -0.39 is 0 Å². The zero-order valence-electron chi connectivity index (χ0n) is 17.5. The van der Waals surface area contributed by atoms with Crippen LogP contribution in [0.1, 0.15) is 82.3 Å². The predicted octanol–water partition coefficient (Wildman–Crippen LogP) is 2.98. The van der Waals surface area contributed by atoms with Crippen molar-refractivity contribution in [1.82, 2.24) is 25.4 Å². The topological polar surface area (TPSA) is 76.4 Å². The number of hydrogen-bond donors (Lipinski definition) is 2. The third kappa shape index (κ3) is 4.67. The molecule has 2 N–H and O–H groups in total. The lowest BCUT2D eigenvalue weighted by Crippen LogP contribution is -2.53. The van der Waals surface area contributed by atoms with Crippen molar-refractivity contribution >= 4 is 5.96 Å². The minimum absolute atomic E-state index is 0.105. The molecule has 1 spiro atoms. The number of aryl methyl sites for hydroxylation is 1. The minimum Gasteiger partial charge on any atom is -0.375 e. The molecular weight excluding hydrogens is 352 g/mol. The summed E-state index contributed by atoms with van der Waals surface area (Å²) in [5.74, 6) is 2.76. The molecule has 1 aromatic heterocycles. The van der Waals surface area contributed by atoms with Gasteiger partial charge in [0.2, 0.25) is 0 Å². The van der Waals surface area contributed by atoms with Crippen LogP contribution in [0, 0.1) is 6.92 Å². The molecule has 7 heteroatoms. The SMILES string of the molecule is Cc1nnc(CN=C(NC2CCCC2)NC2CCOC3(CCCCC3)C2)n1C. The molecule has 0 aromatic carbocycles. The van der Waals surface area contributed by atoms with Crippen molar-refractivity contribution in [2.45, 2.75) is 102 Å². The van der Waals surface area contributed by atoms with Gasteiger partial charge in [0.25, 0.3) is 0 Å². The van der Waals surface area contributed by atoms with E-state index in [0.717, 1.165) is 37.1 Å². The van der Waals surface area contributed by atoms with E-state index in [0.29, 0.717) is 18.6 Å². The molecule has 28 heavy (non-hydrogen) atoms. The smallest absolute Gasteiger partial charge is 0.192 e. The van der Waals surface area contributed by atoms with Crippen LogP contribution < -0.4 is 10.6 Å². The van der Waals surface area contributed by atoms with Crippen molar-refractivity contribution in [3.8, 4) is 0 Å². The van der Waals surface area contributed by atoms with Crippen LogP contribution in [0.2, 0.25) is 0 Å². The van der Waals surface area contributed by atoms with Gasteiger partial charge in [-0.25, -0.2) is 4.99 Å². The van der Waals surface area contributed by atoms with Gasteiger partial charge in [0.1, 0.15) is 12.4 Å². The molecule has 1 unspecified atom stereocenters. The highest BCUT2D eigenvalue weighted by atomic mass is 16.5. The molecule has 2 aliphatic carbocycles. The lowest BCUT2D eigenvalue weighted by molar-refractivity contribution is -0.107. The van der Waals surface area contributed by atoms with Gasteiger partial charge in [0, 0.05) is 25.7 Å². The summed E-state index contributed by atoms with van der Waals surface area (Å²) in [6.07, 6.45) is 13.6. The Hall–Kier alpha value is -1.63. The molecule has 7 nitrogen and oxygen atoms in total. The number of nitrogens with one attached hydrogen (secondary N) is 2. The Morgan fingerprint density at radius 2 is 1.82 bits per heavy atom. The van der Waals surface area contributed by atoms with Crippen LogP contribution in [0.3, 0.4) is 0 Å². The molecule has 0 bridgehead atoms. The number of ether oxygens (including phenoxy) is 1. The van der Waals surface area contributed by atoms with E-state index >= 15 is 0 Å². The molecule has 1 aliphatic heterocycles. The summed E-state index contributed by atoms with van der Waals surface area (Å²) in [6, 6.07) is 0.969. The van der Waals surface area contributed by atoms with E-state index in [1.165, 1.54) is 57.8 Å². The lowest BCUT2D eigenvalue weighted by Gasteiger charge is -2.44. The van der Waals surface area contributed by atoms with Gasteiger partial charge in [-0.2, -0.15) is 0 Å². The molecule has 2 saturated carbocycles. The third-order valence-corrected chi connectivity index (χ3v) is 6.86. The number of guanidine groups is 1. The summed E-state index contributed by atoms with van der Waals surface area (Å²) in [5, 5.41) is 15.9. The molecule has 2 heterocycles. The molecule has 0 radical (unpaired) electrons. The fourth-order valence-electron chi connectivity index (χ4n) is 5.02.